The van der Waals surface area contributed by atoms with Gasteiger partial charge in [-0.2, -0.15) is 13.2 Å². The number of nitrogens with one attached hydrogen (secondary N) is 3. The maximum absolute atomic E-state index is 13.0. The van der Waals surface area contributed by atoms with Crippen molar-refractivity contribution in [1.29, 1.82) is 10.8 Å². The number of hydrogen-bond acceptors (Lipinski definition) is 6. The molecular weight excluding hydrogens is 345 g/mol. The summed E-state index contributed by atoms with van der Waals surface area (Å²) in [5.41, 5.74) is 10.9. The Morgan fingerprint density at radius 2 is 2.00 bits per heavy atom. The van der Waals surface area contributed by atoms with Crippen molar-refractivity contribution in [2.45, 2.75) is 25.1 Å². The number of fused-ring (bicyclic) bond motifs is 1. The largest absolute Gasteiger partial charge is 0.433 e. The minimum Gasteiger partial charge on any atom is -0.404 e. The average molecular weight is 362 g/mol. The Morgan fingerprint density at radius 3 is 2.54 bits per heavy atom. The maximum Gasteiger partial charge on any atom is 0.433 e. The summed E-state index contributed by atoms with van der Waals surface area (Å²) in [7, 11) is 0. The van der Waals surface area contributed by atoms with Crippen LogP contribution in [-0.2, 0) is 0 Å². The summed E-state index contributed by atoms with van der Waals surface area (Å²) >= 11 is 0. The van der Waals surface area contributed by atoms with Gasteiger partial charge in [-0.1, -0.05) is 0 Å². The number of allylic oxidation sites excluding steroid dienone is 1. The number of anilines is 2. The van der Waals surface area contributed by atoms with Crippen LogP contribution in [0.2, 0.25) is 0 Å². The second-order valence-electron chi connectivity index (χ2n) is 6.03. The summed E-state index contributed by atoms with van der Waals surface area (Å²) in [6.07, 6.45) is -1.12. The van der Waals surface area contributed by atoms with E-state index in [0.717, 1.165) is 25.3 Å². The molecule has 1 saturated carbocycles. The molecule has 1 aliphatic rings. The molecular formula is C17H17F3N6. The molecule has 0 spiro atoms. The predicted molar refractivity (Wildman–Crippen MR) is 96.6 cm³/mol. The standard InChI is InChI=1S/C17H17F3N6/c18-17(19,20)16(24)10(7-22)13-5-14(25-8-1-2-8)15-9(6-21)11(23)3-4-12(15)26-13/h3-8,21,24H,1-2,22-23H2,(H,25,26)/b10-7-,21-6?,24-16?. The average Bonchev–Trinajstić information content (AvgIpc) is 3.39. The molecule has 0 amide bonds. The number of alkyl halides is 3. The normalized spacial score (nSPS) is 15.1. The van der Waals surface area contributed by atoms with Gasteiger partial charge in [0.15, 0.2) is 0 Å². The van der Waals surface area contributed by atoms with E-state index < -0.39 is 17.5 Å². The number of benzene rings is 1. The van der Waals surface area contributed by atoms with Crippen LogP contribution in [0.4, 0.5) is 24.5 Å². The first-order valence-corrected chi connectivity index (χ1v) is 7.85. The maximum atomic E-state index is 13.0. The zero-order chi connectivity index (χ0) is 19.1. The molecule has 2 aromatic rings. The van der Waals surface area contributed by atoms with E-state index in [2.05, 4.69) is 10.3 Å². The molecule has 1 aromatic carbocycles. The second kappa shape index (κ2) is 6.32. The molecule has 0 radical (unpaired) electrons. The van der Waals surface area contributed by atoms with E-state index in [4.69, 9.17) is 22.3 Å². The zero-order valence-electron chi connectivity index (χ0n) is 13.6. The van der Waals surface area contributed by atoms with Crippen LogP contribution in [0.3, 0.4) is 0 Å². The first-order chi connectivity index (χ1) is 12.3. The van der Waals surface area contributed by atoms with Crippen LogP contribution in [0, 0.1) is 10.8 Å². The third kappa shape index (κ3) is 3.19. The highest BCUT2D eigenvalue weighted by Gasteiger charge is 2.37. The van der Waals surface area contributed by atoms with Crippen LogP contribution in [0.5, 0.6) is 0 Å². The highest BCUT2D eigenvalue weighted by molar-refractivity contribution is 6.25. The lowest BCUT2D eigenvalue weighted by Gasteiger charge is -2.17. The van der Waals surface area contributed by atoms with Crippen LogP contribution < -0.4 is 16.8 Å². The van der Waals surface area contributed by atoms with Gasteiger partial charge in [0.2, 0.25) is 0 Å². The van der Waals surface area contributed by atoms with Crippen LogP contribution >= 0.6 is 0 Å². The van der Waals surface area contributed by atoms with Gasteiger partial charge in [-0.3, -0.25) is 5.41 Å². The Labute approximate surface area is 147 Å². The Morgan fingerprint density at radius 1 is 1.31 bits per heavy atom. The fourth-order valence-electron chi connectivity index (χ4n) is 2.68. The summed E-state index contributed by atoms with van der Waals surface area (Å²) in [5.74, 6) is 0. The van der Waals surface area contributed by atoms with E-state index in [-0.39, 0.29) is 11.7 Å². The molecule has 0 atom stereocenters. The number of rotatable bonds is 5. The van der Waals surface area contributed by atoms with Crippen molar-refractivity contribution >= 4 is 39.8 Å². The lowest BCUT2D eigenvalue weighted by molar-refractivity contribution is -0.0578. The molecule has 0 unspecified atom stereocenters. The third-order valence-corrected chi connectivity index (χ3v) is 4.13. The van der Waals surface area contributed by atoms with Crippen LogP contribution in [0.1, 0.15) is 24.1 Å². The number of nitrogens with two attached hydrogens (primary N) is 2. The van der Waals surface area contributed by atoms with E-state index in [1.807, 2.05) is 0 Å². The van der Waals surface area contributed by atoms with Gasteiger partial charge in [0, 0.05) is 46.4 Å². The monoisotopic (exact) mass is 362 g/mol. The summed E-state index contributed by atoms with van der Waals surface area (Å²) < 4.78 is 38.9. The van der Waals surface area contributed by atoms with Crippen molar-refractivity contribution in [3.05, 3.63) is 35.7 Å². The Kier molecular flexibility index (Phi) is 4.31. The molecule has 3 rings (SSSR count). The highest BCUT2D eigenvalue weighted by atomic mass is 19.4. The molecule has 1 aromatic heterocycles. The summed E-state index contributed by atoms with van der Waals surface area (Å²) in [5, 5.41) is 18.8. The first kappa shape index (κ1) is 17.7. The number of nitrogens with zero attached hydrogens (tertiary/aromatic N) is 1. The number of aromatic nitrogens is 1. The van der Waals surface area contributed by atoms with Crippen molar-refractivity contribution in [1.82, 2.24) is 4.98 Å². The molecule has 9 heteroatoms. The lowest BCUT2D eigenvalue weighted by atomic mass is 10.0. The van der Waals surface area contributed by atoms with Gasteiger partial charge in [-0.05, 0) is 31.0 Å². The van der Waals surface area contributed by atoms with Crippen LogP contribution in [0.15, 0.2) is 24.4 Å². The molecule has 136 valence electrons. The molecule has 0 bridgehead atoms. The number of nitrogen functional groups attached to an aromatic ring is 1. The molecule has 0 saturated heterocycles. The van der Waals surface area contributed by atoms with E-state index in [0.29, 0.717) is 27.8 Å². The van der Waals surface area contributed by atoms with Crippen molar-refractivity contribution in [3.8, 4) is 0 Å². The number of hydrogen-bond donors (Lipinski definition) is 5. The van der Waals surface area contributed by atoms with Gasteiger partial charge in [0.1, 0.15) is 5.71 Å². The summed E-state index contributed by atoms with van der Waals surface area (Å²) in [4.78, 5) is 4.23. The van der Waals surface area contributed by atoms with Crippen LogP contribution in [-0.4, -0.2) is 29.1 Å². The fraction of sp³-hybridized carbons (Fsp3) is 0.235. The summed E-state index contributed by atoms with van der Waals surface area (Å²) in [6.45, 7) is 0. The Balaban J connectivity index is 2.23. The molecule has 1 fully saturated rings. The lowest BCUT2D eigenvalue weighted by Crippen LogP contribution is -2.24. The van der Waals surface area contributed by atoms with Crippen molar-refractivity contribution in [2.24, 2.45) is 5.73 Å². The zero-order valence-corrected chi connectivity index (χ0v) is 13.6. The van der Waals surface area contributed by atoms with E-state index >= 15 is 0 Å². The van der Waals surface area contributed by atoms with Gasteiger partial charge in [0.25, 0.3) is 0 Å². The fourth-order valence-corrected chi connectivity index (χ4v) is 2.68. The number of pyridine rings is 1. The molecule has 1 aliphatic carbocycles. The second-order valence-corrected chi connectivity index (χ2v) is 6.03. The molecule has 1 heterocycles. The smallest absolute Gasteiger partial charge is 0.404 e. The van der Waals surface area contributed by atoms with E-state index in [9.17, 15) is 13.2 Å². The summed E-state index contributed by atoms with van der Waals surface area (Å²) in [6, 6.07) is 4.75. The van der Waals surface area contributed by atoms with E-state index in [1.54, 1.807) is 12.1 Å². The highest BCUT2D eigenvalue weighted by Crippen LogP contribution is 2.36. The number of halogens is 3. The van der Waals surface area contributed by atoms with Crippen molar-refractivity contribution in [2.75, 3.05) is 11.1 Å². The first-order valence-electron chi connectivity index (χ1n) is 7.85. The topological polar surface area (TPSA) is 125 Å². The molecule has 26 heavy (non-hydrogen) atoms. The molecule has 6 nitrogen and oxygen atoms in total. The minimum absolute atomic E-state index is 0.0637. The van der Waals surface area contributed by atoms with Gasteiger partial charge in [-0.15, -0.1) is 0 Å². The molecule has 7 N–H and O–H groups in total. The minimum atomic E-state index is -4.84. The van der Waals surface area contributed by atoms with Gasteiger partial charge >= 0.3 is 6.18 Å². The molecule has 0 aliphatic heterocycles. The van der Waals surface area contributed by atoms with Crippen LogP contribution in [0.25, 0.3) is 16.5 Å². The van der Waals surface area contributed by atoms with Gasteiger partial charge < -0.3 is 22.2 Å². The Bertz CT molecular complexity index is 928. The Hall–Kier alpha value is -3.10. The van der Waals surface area contributed by atoms with Gasteiger partial charge in [0.05, 0.1) is 11.2 Å². The van der Waals surface area contributed by atoms with Crippen molar-refractivity contribution < 1.29 is 13.2 Å². The van der Waals surface area contributed by atoms with Gasteiger partial charge in [-0.25, -0.2) is 4.98 Å². The quantitative estimate of drug-likeness (QED) is 0.413. The third-order valence-electron chi connectivity index (χ3n) is 4.13. The SMILES string of the molecule is N=Cc1c(N)ccc2nc(/C(=C/N)C(=N)C(F)(F)F)cc(NC3CC3)c12. The van der Waals surface area contributed by atoms with E-state index in [1.165, 1.54) is 6.07 Å². The van der Waals surface area contributed by atoms with Crippen molar-refractivity contribution in [3.63, 3.8) is 0 Å². The predicted octanol–water partition coefficient (Wildman–Crippen LogP) is 3.27.